The van der Waals surface area contributed by atoms with Gasteiger partial charge in [-0.3, -0.25) is 4.98 Å². The van der Waals surface area contributed by atoms with Gasteiger partial charge in [-0.1, -0.05) is 60.7 Å². The van der Waals surface area contributed by atoms with Gasteiger partial charge in [0.15, 0.2) is 0 Å². The van der Waals surface area contributed by atoms with Crippen molar-refractivity contribution in [2.75, 3.05) is 11.9 Å². The molecule has 5 rings (SSSR count). The lowest BCUT2D eigenvalue weighted by molar-refractivity contribution is 1.33. The van der Waals surface area contributed by atoms with E-state index in [9.17, 15) is 0 Å². The van der Waals surface area contributed by atoms with Gasteiger partial charge in [-0.25, -0.2) is 0 Å². The summed E-state index contributed by atoms with van der Waals surface area (Å²) in [5, 5.41) is 4.80. The highest BCUT2D eigenvalue weighted by Gasteiger charge is 2.15. The summed E-state index contributed by atoms with van der Waals surface area (Å²) >= 11 is 1.79. The van der Waals surface area contributed by atoms with Gasteiger partial charge < -0.3 is 5.32 Å². The minimum absolute atomic E-state index is 0.863. The van der Waals surface area contributed by atoms with Crippen LogP contribution in [0.2, 0.25) is 0 Å². The van der Waals surface area contributed by atoms with E-state index in [0.29, 0.717) is 0 Å². The number of pyridine rings is 1. The predicted molar refractivity (Wildman–Crippen MR) is 116 cm³/mol. The summed E-state index contributed by atoms with van der Waals surface area (Å²) in [6.07, 6.45) is 4.27. The second-order valence-electron chi connectivity index (χ2n) is 6.58. The zero-order valence-electron chi connectivity index (χ0n) is 14.7. The van der Waals surface area contributed by atoms with Crippen molar-refractivity contribution in [2.24, 2.45) is 0 Å². The Labute approximate surface area is 162 Å². The van der Waals surface area contributed by atoms with E-state index < -0.39 is 0 Å². The zero-order chi connectivity index (χ0) is 18.1. The molecular formula is C24H18N2S. The number of thiophene rings is 1. The molecule has 0 bridgehead atoms. The van der Waals surface area contributed by atoms with E-state index in [-0.39, 0.29) is 0 Å². The van der Waals surface area contributed by atoms with Crippen LogP contribution in [0.25, 0.3) is 33.3 Å². The van der Waals surface area contributed by atoms with Gasteiger partial charge >= 0.3 is 0 Å². The average Bonchev–Trinajstić information content (AvgIpc) is 3.18. The molecule has 1 aliphatic heterocycles. The Balaban J connectivity index is 1.45. The minimum Gasteiger partial charge on any atom is -0.372 e. The highest BCUT2D eigenvalue weighted by atomic mass is 32.1. The summed E-state index contributed by atoms with van der Waals surface area (Å²) in [5.74, 6) is 0. The van der Waals surface area contributed by atoms with Gasteiger partial charge in [0.1, 0.15) is 0 Å². The third-order valence-electron chi connectivity index (χ3n) is 4.79. The molecule has 2 nitrogen and oxygen atoms in total. The molecule has 0 aliphatic carbocycles. The molecule has 2 aromatic heterocycles. The first-order valence-electron chi connectivity index (χ1n) is 9.02. The third kappa shape index (κ3) is 3.18. The van der Waals surface area contributed by atoms with Gasteiger partial charge in [-0.15, -0.1) is 11.3 Å². The second-order valence-corrected chi connectivity index (χ2v) is 7.63. The molecule has 0 saturated heterocycles. The molecule has 0 saturated carbocycles. The van der Waals surface area contributed by atoms with Crippen LogP contribution in [-0.4, -0.2) is 11.5 Å². The van der Waals surface area contributed by atoms with Crippen molar-refractivity contribution >= 4 is 28.0 Å². The van der Waals surface area contributed by atoms with Crippen LogP contribution < -0.4 is 5.32 Å². The summed E-state index contributed by atoms with van der Waals surface area (Å²) in [5.41, 5.74) is 7.16. The molecule has 27 heavy (non-hydrogen) atoms. The lowest BCUT2D eigenvalue weighted by atomic mass is 10.0. The normalized spacial score (nSPS) is 12.8. The number of anilines is 1. The van der Waals surface area contributed by atoms with Crippen molar-refractivity contribution in [1.29, 1.82) is 0 Å². The van der Waals surface area contributed by atoms with Crippen LogP contribution in [0.5, 0.6) is 0 Å². The Morgan fingerprint density at radius 2 is 1.52 bits per heavy atom. The molecule has 130 valence electrons. The topological polar surface area (TPSA) is 24.9 Å². The van der Waals surface area contributed by atoms with Gasteiger partial charge in [0.25, 0.3) is 0 Å². The van der Waals surface area contributed by atoms with Crippen LogP contribution in [0, 0.1) is 0 Å². The van der Waals surface area contributed by atoms with E-state index in [1.165, 1.54) is 26.6 Å². The van der Waals surface area contributed by atoms with Crippen molar-refractivity contribution < 1.29 is 0 Å². The Kier molecular flexibility index (Phi) is 4.07. The number of hydrogen-bond acceptors (Lipinski definition) is 3. The summed E-state index contributed by atoms with van der Waals surface area (Å²) < 4.78 is 0. The Morgan fingerprint density at radius 1 is 0.778 bits per heavy atom. The van der Waals surface area contributed by atoms with Crippen LogP contribution in [0.3, 0.4) is 0 Å². The quantitative estimate of drug-likeness (QED) is 0.451. The van der Waals surface area contributed by atoms with E-state index >= 15 is 0 Å². The molecule has 0 radical (unpaired) electrons. The van der Waals surface area contributed by atoms with Crippen LogP contribution in [0.4, 0.5) is 5.00 Å². The molecule has 0 unspecified atom stereocenters. The van der Waals surface area contributed by atoms with Crippen LogP contribution >= 0.6 is 11.3 Å². The van der Waals surface area contributed by atoms with E-state index in [0.717, 1.165) is 23.4 Å². The average molecular weight is 366 g/mol. The third-order valence-corrected chi connectivity index (χ3v) is 5.95. The van der Waals surface area contributed by atoms with Gasteiger partial charge in [0.05, 0.1) is 10.7 Å². The van der Waals surface area contributed by atoms with Crippen LogP contribution in [-0.2, 0) is 0 Å². The Morgan fingerprint density at radius 3 is 2.22 bits per heavy atom. The second kappa shape index (κ2) is 6.86. The molecule has 4 aromatic rings. The lowest BCUT2D eigenvalue weighted by Gasteiger charge is -2.15. The highest BCUT2D eigenvalue weighted by Crippen LogP contribution is 2.40. The first-order valence-corrected chi connectivity index (χ1v) is 9.84. The fourth-order valence-corrected chi connectivity index (χ4v) is 4.39. The van der Waals surface area contributed by atoms with Crippen molar-refractivity contribution in [2.45, 2.75) is 0 Å². The predicted octanol–water partition coefficient (Wildman–Crippen LogP) is 6.44. The Bertz CT molecular complexity index is 1090. The molecule has 1 N–H and O–H groups in total. The first-order chi connectivity index (χ1) is 13.4. The number of nitrogens with one attached hydrogen (secondary N) is 1. The smallest absolute Gasteiger partial charge is 0.0965 e. The largest absolute Gasteiger partial charge is 0.372 e. The summed E-state index contributed by atoms with van der Waals surface area (Å²) in [7, 11) is 0. The number of rotatable bonds is 3. The summed E-state index contributed by atoms with van der Waals surface area (Å²) in [6.45, 7) is 0.863. The molecule has 0 fully saturated rings. The van der Waals surface area contributed by atoms with Crippen molar-refractivity contribution in [3.05, 3.63) is 96.2 Å². The maximum atomic E-state index is 4.66. The lowest BCUT2D eigenvalue weighted by Crippen LogP contribution is -2.07. The van der Waals surface area contributed by atoms with Crippen molar-refractivity contribution in [3.8, 4) is 21.7 Å². The minimum atomic E-state index is 0.863. The van der Waals surface area contributed by atoms with Gasteiger partial charge in [-0.2, -0.15) is 0 Å². The number of fused-ring (bicyclic) bond motifs is 1. The van der Waals surface area contributed by atoms with E-state index in [1.54, 1.807) is 11.3 Å². The van der Waals surface area contributed by atoms with E-state index in [4.69, 9.17) is 0 Å². The van der Waals surface area contributed by atoms with Crippen molar-refractivity contribution in [1.82, 2.24) is 4.98 Å². The van der Waals surface area contributed by atoms with Gasteiger partial charge in [0, 0.05) is 34.3 Å². The van der Waals surface area contributed by atoms with Crippen LogP contribution in [0.1, 0.15) is 11.1 Å². The molecule has 0 amide bonds. The maximum absolute atomic E-state index is 4.66. The molecule has 2 aromatic carbocycles. The van der Waals surface area contributed by atoms with Gasteiger partial charge in [0.2, 0.25) is 0 Å². The summed E-state index contributed by atoms with van der Waals surface area (Å²) in [6, 6.07) is 27.4. The number of aromatic nitrogens is 1. The molecule has 3 heteroatoms. The standard InChI is InChI=1S/C24H18N2S/c1-3-7-17(8-4-1)21-13-20-14-23(27-24(20)26-16-21)19-11-12-22(25-15-19)18-9-5-2-6-10-18/h1-15,26H,16H2. The van der Waals surface area contributed by atoms with Crippen LogP contribution in [0.15, 0.2) is 85.1 Å². The monoisotopic (exact) mass is 366 g/mol. The number of benzene rings is 2. The number of nitrogens with zero attached hydrogens (tertiary/aromatic N) is 1. The molecule has 1 aliphatic rings. The molecule has 3 heterocycles. The molecular weight excluding hydrogens is 348 g/mol. The zero-order valence-corrected chi connectivity index (χ0v) is 15.5. The van der Waals surface area contributed by atoms with Gasteiger partial charge in [-0.05, 0) is 35.4 Å². The van der Waals surface area contributed by atoms with Crippen molar-refractivity contribution in [3.63, 3.8) is 0 Å². The fourth-order valence-electron chi connectivity index (χ4n) is 3.36. The first kappa shape index (κ1) is 16.0. The number of hydrogen-bond donors (Lipinski definition) is 1. The maximum Gasteiger partial charge on any atom is 0.0965 e. The SMILES string of the molecule is C1=C(c2ccccc2)CNc2sc(-c3ccc(-c4ccccc4)nc3)cc21. The fraction of sp³-hybridized carbons (Fsp3) is 0.0417. The van der Waals surface area contributed by atoms with E-state index in [2.05, 4.69) is 77.0 Å². The van der Waals surface area contributed by atoms with E-state index in [1.807, 2.05) is 24.4 Å². The molecule has 0 atom stereocenters. The molecule has 0 spiro atoms. The Hall–Kier alpha value is -3.17. The summed E-state index contributed by atoms with van der Waals surface area (Å²) in [4.78, 5) is 5.91. The highest BCUT2D eigenvalue weighted by molar-refractivity contribution is 7.19.